The maximum absolute atomic E-state index is 13.0. The fraction of sp³-hybridized carbons (Fsp3) is 0.619. The molecule has 2 amide bonds. The molecule has 2 bridgehead atoms. The van der Waals surface area contributed by atoms with E-state index < -0.39 is 29.7 Å². The smallest absolute Gasteiger partial charge is 0.407 e. The summed E-state index contributed by atoms with van der Waals surface area (Å²) >= 11 is 0. The normalized spacial score (nSPS) is 17.1. The number of ketones is 2. The van der Waals surface area contributed by atoms with Gasteiger partial charge in [-0.2, -0.15) is 0 Å². The van der Waals surface area contributed by atoms with E-state index in [0.29, 0.717) is 24.6 Å². The zero-order valence-corrected chi connectivity index (χ0v) is 18.6. The Hall–Kier alpha value is -2.92. The van der Waals surface area contributed by atoms with Crippen molar-refractivity contribution >= 4 is 23.6 Å². The number of ether oxygens (including phenoxy) is 3. The van der Waals surface area contributed by atoms with Gasteiger partial charge in [0.15, 0.2) is 5.78 Å². The van der Waals surface area contributed by atoms with Gasteiger partial charge in [0.2, 0.25) is 5.78 Å². The fourth-order valence-corrected chi connectivity index (χ4v) is 3.20. The molecule has 176 valence electrons. The van der Waals surface area contributed by atoms with Gasteiger partial charge in [0.25, 0.3) is 5.91 Å². The third-order valence-corrected chi connectivity index (χ3v) is 4.89. The molecule has 32 heavy (non-hydrogen) atoms. The topological polar surface area (TPSA) is 146 Å². The summed E-state index contributed by atoms with van der Waals surface area (Å²) in [6, 6.07) is 0.821. The van der Waals surface area contributed by atoms with Gasteiger partial charge in [-0.15, -0.1) is 0 Å². The first-order valence-electron chi connectivity index (χ1n) is 10.5. The molecule has 2 N–H and O–H groups in total. The predicted octanol–water partition coefficient (Wildman–Crippen LogP) is 0.207. The van der Waals surface area contributed by atoms with E-state index in [1.807, 2.05) is 0 Å². The van der Waals surface area contributed by atoms with Gasteiger partial charge in [-0.3, -0.25) is 14.4 Å². The van der Waals surface area contributed by atoms with Crippen molar-refractivity contribution < 1.29 is 33.4 Å². The molecule has 0 saturated carbocycles. The molecule has 0 saturated heterocycles. The molecular weight excluding hydrogens is 420 g/mol. The zero-order valence-electron chi connectivity index (χ0n) is 18.6. The summed E-state index contributed by atoms with van der Waals surface area (Å²) in [6.45, 7) is 4.68. The second kappa shape index (κ2) is 12.8. The van der Waals surface area contributed by atoms with E-state index in [4.69, 9.17) is 14.2 Å². The number of carbonyl (C=O) groups is 4. The first-order chi connectivity index (χ1) is 15.3. The standard InChI is InChI=1S/C21H30N4O7/c1-13(2)18(25-21(29)32-7-6-31-5-4-30-3)17(26)9-14-8-15-10-16(24-12-23-15)11-22-20(28)19(14)27/h10,12-14,18H,4-9,11H2,1-3H3,(H,22,28)(H,25,29). The average Bonchev–Trinajstić information content (AvgIpc) is 2.79. The van der Waals surface area contributed by atoms with Gasteiger partial charge < -0.3 is 24.8 Å². The Bertz CT molecular complexity index is 815. The number of rotatable bonds is 11. The molecule has 1 aliphatic heterocycles. The number of aromatic nitrogens is 2. The molecule has 1 aromatic rings. The fourth-order valence-electron chi connectivity index (χ4n) is 3.20. The van der Waals surface area contributed by atoms with E-state index in [1.165, 1.54) is 6.33 Å². The Labute approximate surface area is 186 Å². The minimum atomic E-state index is -0.892. The number of carbonyl (C=O) groups excluding carboxylic acids is 4. The third kappa shape index (κ3) is 7.97. The van der Waals surface area contributed by atoms with Crippen molar-refractivity contribution in [3.05, 3.63) is 23.8 Å². The average molecular weight is 450 g/mol. The SMILES string of the molecule is COCCOCCOC(=O)NC(C(=O)CC1Cc2cc(ncn2)CNC(=O)C1=O)C(C)C. The van der Waals surface area contributed by atoms with E-state index in [-0.39, 0.29) is 44.3 Å². The van der Waals surface area contributed by atoms with Crippen molar-refractivity contribution in [3.8, 4) is 0 Å². The van der Waals surface area contributed by atoms with Gasteiger partial charge >= 0.3 is 6.09 Å². The van der Waals surface area contributed by atoms with Gasteiger partial charge in [-0.25, -0.2) is 14.8 Å². The minimum Gasteiger partial charge on any atom is -0.447 e. The lowest BCUT2D eigenvalue weighted by atomic mass is 9.87. The molecule has 0 radical (unpaired) electrons. The molecule has 2 atom stereocenters. The van der Waals surface area contributed by atoms with Gasteiger partial charge in [-0.05, 0) is 12.0 Å². The van der Waals surface area contributed by atoms with Crippen molar-refractivity contribution in [1.29, 1.82) is 0 Å². The van der Waals surface area contributed by atoms with E-state index >= 15 is 0 Å². The number of hydrogen-bond donors (Lipinski definition) is 2. The van der Waals surface area contributed by atoms with Crippen molar-refractivity contribution in [2.75, 3.05) is 33.5 Å². The van der Waals surface area contributed by atoms with Crippen molar-refractivity contribution in [2.45, 2.75) is 39.3 Å². The number of nitrogens with one attached hydrogen (secondary N) is 2. The molecule has 2 rings (SSSR count). The molecule has 11 heteroatoms. The molecule has 1 aromatic heterocycles. The highest BCUT2D eigenvalue weighted by Crippen LogP contribution is 2.18. The summed E-state index contributed by atoms with van der Waals surface area (Å²) in [4.78, 5) is 58.1. The van der Waals surface area contributed by atoms with Crippen LogP contribution in [0.25, 0.3) is 0 Å². The van der Waals surface area contributed by atoms with Crippen LogP contribution in [0, 0.1) is 11.8 Å². The zero-order chi connectivity index (χ0) is 23.5. The largest absolute Gasteiger partial charge is 0.447 e. The Morgan fingerprint density at radius 1 is 1.16 bits per heavy atom. The number of Topliss-reactive ketones (excluding diaryl/α,β-unsaturated/α-hetero) is 2. The van der Waals surface area contributed by atoms with Crippen LogP contribution in [0.2, 0.25) is 0 Å². The monoisotopic (exact) mass is 450 g/mol. The minimum absolute atomic E-state index is 0.0197. The Morgan fingerprint density at radius 3 is 2.59 bits per heavy atom. The third-order valence-electron chi connectivity index (χ3n) is 4.89. The van der Waals surface area contributed by atoms with Crippen molar-refractivity contribution in [1.82, 2.24) is 20.6 Å². The highest BCUT2D eigenvalue weighted by atomic mass is 16.6. The molecule has 1 aliphatic rings. The van der Waals surface area contributed by atoms with Crippen LogP contribution in [0.5, 0.6) is 0 Å². The van der Waals surface area contributed by atoms with E-state index in [2.05, 4.69) is 20.6 Å². The molecule has 0 aliphatic carbocycles. The summed E-state index contributed by atoms with van der Waals surface area (Å²) in [5, 5.41) is 5.06. The van der Waals surface area contributed by atoms with E-state index in [0.717, 1.165) is 0 Å². The summed E-state index contributed by atoms with van der Waals surface area (Å²) in [6.07, 6.45) is 0.515. The second-order valence-corrected chi connectivity index (χ2v) is 7.73. The van der Waals surface area contributed by atoms with Crippen LogP contribution in [-0.4, -0.2) is 73.1 Å². The molecule has 0 spiro atoms. The highest BCUT2D eigenvalue weighted by Gasteiger charge is 2.33. The molecule has 0 aromatic carbocycles. The Morgan fingerprint density at radius 2 is 1.88 bits per heavy atom. The lowest BCUT2D eigenvalue weighted by Crippen LogP contribution is -2.46. The summed E-state index contributed by atoms with van der Waals surface area (Å²) in [5.41, 5.74) is 1.15. The lowest BCUT2D eigenvalue weighted by molar-refractivity contribution is -0.141. The Balaban J connectivity index is 1.97. The highest BCUT2D eigenvalue weighted by molar-refractivity contribution is 6.37. The first kappa shape index (κ1) is 25.3. The van der Waals surface area contributed by atoms with Gasteiger partial charge in [0.1, 0.15) is 12.9 Å². The predicted molar refractivity (Wildman–Crippen MR) is 112 cm³/mol. The maximum Gasteiger partial charge on any atom is 0.407 e. The summed E-state index contributed by atoms with van der Waals surface area (Å²) < 4.78 is 15.1. The first-order valence-corrected chi connectivity index (χ1v) is 10.5. The summed E-state index contributed by atoms with van der Waals surface area (Å²) in [5.74, 6) is -2.97. The number of hydrogen-bond acceptors (Lipinski definition) is 9. The number of fused-ring (bicyclic) bond motifs is 2. The number of amides is 2. The van der Waals surface area contributed by atoms with Crippen molar-refractivity contribution in [2.24, 2.45) is 11.8 Å². The van der Waals surface area contributed by atoms with Crippen LogP contribution in [0.4, 0.5) is 4.79 Å². The maximum atomic E-state index is 13.0. The van der Waals surface area contributed by atoms with E-state index in [1.54, 1.807) is 27.0 Å². The van der Waals surface area contributed by atoms with E-state index in [9.17, 15) is 19.2 Å². The molecule has 2 unspecified atom stereocenters. The van der Waals surface area contributed by atoms with Crippen LogP contribution in [0.1, 0.15) is 31.7 Å². The molecule has 11 nitrogen and oxygen atoms in total. The van der Waals surface area contributed by atoms with Gasteiger partial charge in [0, 0.05) is 31.6 Å². The van der Waals surface area contributed by atoms with Crippen LogP contribution in [0.15, 0.2) is 12.4 Å². The van der Waals surface area contributed by atoms with Crippen LogP contribution in [-0.2, 0) is 41.6 Å². The molecular formula is C21H30N4O7. The van der Waals surface area contributed by atoms with Gasteiger partial charge in [0.05, 0.1) is 38.1 Å². The quantitative estimate of drug-likeness (QED) is 0.357. The second-order valence-electron chi connectivity index (χ2n) is 7.73. The van der Waals surface area contributed by atoms with Crippen molar-refractivity contribution in [3.63, 3.8) is 0 Å². The van der Waals surface area contributed by atoms with Crippen LogP contribution >= 0.6 is 0 Å². The lowest BCUT2D eigenvalue weighted by Gasteiger charge is -2.23. The van der Waals surface area contributed by atoms with Crippen LogP contribution in [0.3, 0.4) is 0 Å². The summed E-state index contributed by atoms with van der Waals surface area (Å²) in [7, 11) is 1.55. The molecule has 2 heterocycles. The molecule has 0 fully saturated rings. The number of alkyl carbamates (subject to hydrolysis) is 1. The van der Waals surface area contributed by atoms with Crippen LogP contribution < -0.4 is 10.6 Å². The number of methoxy groups -OCH3 is 1. The van der Waals surface area contributed by atoms with Gasteiger partial charge in [-0.1, -0.05) is 13.8 Å². The Kier molecular flexibility index (Phi) is 10.2. The number of nitrogens with zero attached hydrogens (tertiary/aromatic N) is 2.